The molecule has 0 fully saturated rings. The minimum atomic E-state index is -0.0646. The molecule has 1 amide bonds. The summed E-state index contributed by atoms with van der Waals surface area (Å²) in [4.78, 5) is 19.3. The maximum Gasteiger partial charge on any atom is 0.251 e. The number of thiophene rings is 1. The number of amides is 1. The first kappa shape index (κ1) is 17.9. The van der Waals surface area contributed by atoms with Gasteiger partial charge in [-0.05, 0) is 53.9 Å². The van der Waals surface area contributed by atoms with E-state index in [2.05, 4.69) is 9.72 Å². The third-order valence-electron chi connectivity index (χ3n) is 4.75. The highest BCUT2D eigenvalue weighted by molar-refractivity contribution is 7.23. The lowest BCUT2D eigenvalue weighted by molar-refractivity contribution is 0.0951. The Labute approximate surface area is 175 Å². The van der Waals surface area contributed by atoms with Crippen LogP contribution in [0.4, 0.5) is 0 Å². The summed E-state index contributed by atoms with van der Waals surface area (Å²) in [5.74, 6) is 0.760. The maximum atomic E-state index is 12.5. The first-order chi connectivity index (χ1) is 14.2. The number of benzene rings is 2. The van der Waals surface area contributed by atoms with Crippen LogP contribution < -0.4 is 10.1 Å². The zero-order chi connectivity index (χ0) is 19.8. The van der Waals surface area contributed by atoms with Crippen molar-refractivity contribution in [3.8, 4) is 17.0 Å². The van der Waals surface area contributed by atoms with E-state index in [-0.39, 0.29) is 5.91 Å². The Hall–Kier alpha value is -3.16. The number of hydrogen-bond acceptors (Lipinski definition) is 5. The van der Waals surface area contributed by atoms with E-state index in [0.717, 1.165) is 37.1 Å². The topological polar surface area (TPSA) is 55.6 Å². The van der Waals surface area contributed by atoms with Crippen molar-refractivity contribution in [1.29, 1.82) is 0 Å². The van der Waals surface area contributed by atoms with Crippen LogP contribution >= 0.6 is 22.7 Å². The van der Waals surface area contributed by atoms with Gasteiger partial charge in [0.25, 0.3) is 5.91 Å². The van der Waals surface area contributed by atoms with Crippen LogP contribution in [0.3, 0.4) is 0 Å². The molecule has 29 heavy (non-hydrogen) atoms. The highest BCUT2D eigenvalue weighted by atomic mass is 32.1. The van der Waals surface area contributed by atoms with Gasteiger partial charge in [0.05, 0.1) is 29.6 Å². The van der Waals surface area contributed by atoms with Crippen LogP contribution in [0.1, 0.15) is 15.2 Å². The lowest BCUT2D eigenvalue weighted by Gasteiger charge is -2.04. The molecule has 0 bridgehead atoms. The van der Waals surface area contributed by atoms with Crippen LogP contribution in [0.5, 0.6) is 5.75 Å². The normalized spacial score (nSPS) is 11.2. The maximum absolute atomic E-state index is 12.5. The van der Waals surface area contributed by atoms with Crippen molar-refractivity contribution in [2.24, 2.45) is 0 Å². The number of imidazole rings is 1. The number of hydrogen-bond donors (Lipinski definition) is 1. The number of fused-ring (bicyclic) bond motifs is 3. The molecule has 5 aromatic rings. The van der Waals surface area contributed by atoms with Gasteiger partial charge >= 0.3 is 0 Å². The molecule has 7 heteroatoms. The predicted octanol–water partition coefficient (Wildman–Crippen LogP) is 5.22. The molecule has 0 radical (unpaired) electrons. The van der Waals surface area contributed by atoms with Crippen molar-refractivity contribution in [1.82, 2.24) is 14.7 Å². The lowest BCUT2D eigenvalue weighted by atomic mass is 10.1. The smallest absolute Gasteiger partial charge is 0.251 e. The quantitative estimate of drug-likeness (QED) is 0.425. The van der Waals surface area contributed by atoms with Crippen LogP contribution in [0.25, 0.3) is 26.4 Å². The van der Waals surface area contributed by atoms with Gasteiger partial charge in [0.15, 0.2) is 4.96 Å². The van der Waals surface area contributed by atoms with Gasteiger partial charge in [-0.1, -0.05) is 17.4 Å². The molecule has 2 aromatic carbocycles. The van der Waals surface area contributed by atoms with E-state index in [1.54, 1.807) is 29.8 Å². The van der Waals surface area contributed by atoms with Gasteiger partial charge < -0.3 is 10.1 Å². The third-order valence-corrected chi connectivity index (χ3v) is 6.64. The molecular weight excluding hydrogens is 402 g/mol. The van der Waals surface area contributed by atoms with Gasteiger partial charge in [-0.15, -0.1) is 11.3 Å². The number of carbonyl (C=O) groups excluding carboxylic acids is 1. The Bertz CT molecular complexity index is 1300. The number of methoxy groups -OCH3 is 1. The van der Waals surface area contributed by atoms with Crippen molar-refractivity contribution in [2.75, 3.05) is 7.11 Å². The Morgan fingerprint density at radius 1 is 1.17 bits per heavy atom. The number of nitrogens with zero attached hydrogens (tertiary/aromatic N) is 2. The molecule has 0 spiro atoms. The van der Waals surface area contributed by atoms with Crippen LogP contribution in [-0.4, -0.2) is 22.4 Å². The second-order valence-electron chi connectivity index (χ2n) is 6.55. The number of nitrogens with one attached hydrogen (secondary N) is 1. The molecule has 5 rings (SSSR count). The molecule has 0 atom stereocenters. The molecule has 0 saturated carbocycles. The average Bonchev–Trinajstić information content (AvgIpc) is 3.48. The van der Waals surface area contributed by atoms with Crippen molar-refractivity contribution in [3.05, 3.63) is 76.6 Å². The SMILES string of the molecule is COc1ccc(-c2cn3c(n2)sc2cc(C(=O)NCc4cccs4)ccc23)cc1. The zero-order valence-electron chi connectivity index (χ0n) is 15.6. The summed E-state index contributed by atoms with van der Waals surface area (Å²) >= 11 is 3.22. The predicted molar refractivity (Wildman–Crippen MR) is 118 cm³/mol. The van der Waals surface area contributed by atoms with Crippen LogP contribution in [-0.2, 0) is 6.54 Å². The molecule has 0 aliphatic carbocycles. The Balaban J connectivity index is 1.42. The Morgan fingerprint density at radius 3 is 2.79 bits per heavy atom. The summed E-state index contributed by atoms with van der Waals surface area (Å²) < 4.78 is 8.34. The molecule has 5 nitrogen and oxygen atoms in total. The standard InChI is InChI=1S/C22H17N3O2S2/c1-27-16-7-4-14(5-8-16)18-13-25-19-9-6-15(11-20(19)29-22(25)24-18)21(26)23-12-17-3-2-10-28-17/h2-11,13H,12H2,1H3,(H,23,26). The summed E-state index contributed by atoms with van der Waals surface area (Å²) in [6, 6.07) is 17.7. The first-order valence-electron chi connectivity index (χ1n) is 9.08. The molecule has 144 valence electrons. The zero-order valence-corrected chi connectivity index (χ0v) is 17.2. The van der Waals surface area contributed by atoms with Crippen LogP contribution in [0.15, 0.2) is 66.2 Å². The summed E-state index contributed by atoms with van der Waals surface area (Å²) in [5, 5.41) is 4.99. The summed E-state index contributed by atoms with van der Waals surface area (Å²) in [6.45, 7) is 0.549. The molecule has 0 aliphatic heterocycles. The number of rotatable bonds is 5. The van der Waals surface area contributed by atoms with Gasteiger partial charge in [-0.25, -0.2) is 4.98 Å². The monoisotopic (exact) mass is 419 g/mol. The summed E-state index contributed by atoms with van der Waals surface area (Å²) in [7, 11) is 1.66. The lowest BCUT2D eigenvalue weighted by Crippen LogP contribution is -2.22. The van der Waals surface area contributed by atoms with E-state index in [1.165, 1.54) is 0 Å². The minimum absolute atomic E-state index is 0.0646. The fraction of sp³-hybridized carbons (Fsp3) is 0.0909. The number of ether oxygens (including phenoxy) is 1. The second-order valence-corrected chi connectivity index (χ2v) is 8.60. The van der Waals surface area contributed by atoms with E-state index < -0.39 is 0 Å². The Kier molecular flexibility index (Phi) is 4.54. The highest BCUT2D eigenvalue weighted by Gasteiger charge is 2.13. The van der Waals surface area contributed by atoms with E-state index in [0.29, 0.717) is 12.1 Å². The molecule has 1 N–H and O–H groups in total. The van der Waals surface area contributed by atoms with E-state index in [1.807, 2.05) is 66.2 Å². The van der Waals surface area contributed by atoms with E-state index >= 15 is 0 Å². The molecule has 3 heterocycles. The molecular formula is C22H17N3O2S2. The van der Waals surface area contributed by atoms with Gasteiger partial charge in [0.1, 0.15) is 5.75 Å². The van der Waals surface area contributed by atoms with Gasteiger partial charge in [0, 0.05) is 22.2 Å². The fourth-order valence-corrected chi connectivity index (χ4v) is 4.92. The van der Waals surface area contributed by atoms with E-state index in [9.17, 15) is 4.79 Å². The third kappa shape index (κ3) is 3.39. The number of thiazole rings is 1. The van der Waals surface area contributed by atoms with Crippen molar-refractivity contribution >= 4 is 43.8 Å². The largest absolute Gasteiger partial charge is 0.497 e. The van der Waals surface area contributed by atoms with Crippen molar-refractivity contribution < 1.29 is 9.53 Å². The second kappa shape index (κ2) is 7.35. The summed E-state index contributed by atoms with van der Waals surface area (Å²) in [5.41, 5.74) is 3.67. The average molecular weight is 420 g/mol. The van der Waals surface area contributed by atoms with Crippen LogP contribution in [0, 0.1) is 0 Å². The molecule has 0 unspecified atom stereocenters. The van der Waals surface area contributed by atoms with Crippen LogP contribution in [0.2, 0.25) is 0 Å². The molecule has 3 aromatic heterocycles. The first-order valence-corrected chi connectivity index (χ1v) is 10.8. The number of aromatic nitrogens is 2. The summed E-state index contributed by atoms with van der Waals surface area (Å²) in [6.07, 6.45) is 2.03. The van der Waals surface area contributed by atoms with E-state index in [4.69, 9.17) is 9.72 Å². The Morgan fingerprint density at radius 2 is 2.03 bits per heavy atom. The number of carbonyl (C=O) groups is 1. The molecule has 0 saturated heterocycles. The van der Waals surface area contributed by atoms with Gasteiger partial charge in [0.2, 0.25) is 0 Å². The van der Waals surface area contributed by atoms with Gasteiger partial charge in [-0.2, -0.15) is 0 Å². The van der Waals surface area contributed by atoms with Crippen molar-refractivity contribution in [2.45, 2.75) is 6.54 Å². The van der Waals surface area contributed by atoms with Gasteiger partial charge in [-0.3, -0.25) is 9.20 Å². The van der Waals surface area contributed by atoms with Crippen molar-refractivity contribution in [3.63, 3.8) is 0 Å². The fourth-order valence-electron chi connectivity index (χ4n) is 3.23. The molecule has 0 aliphatic rings. The minimum Gasteiger partial charge on any atom is -0.497 e. The highest BCUT2D eigenvalue weighted by Crippen LogP contribution is 2.30.